The zero-order valence-corrected chi connectivity index (χ0v) is 16.1. The van der Waals surface area contributed by atoms with Crippen LogP contribution < -0.4 is 5.73 Å². The normalized spacial score (nSPS) is 27.5. The van der Waals surface area contributed by atoms with Gasteiger partial charge in [0.2, 0.25) is 5.91 Å². The average molecular weight is 363 g/mol. The van der Waals surface area contributed by atoms with Crippen molar-refractivity contribution in [3.8, 4) is 0 Å². The fraction of sp³-hybridized carbons (Fsp3) is 0.458. The van der Waals surface area contributed by atoms with E-state index in [4.69, 9.17) is 5.73 Å². The van der Waals surface area contributed by atoms with Crippen molar-refractivity contribution in [3.05, 3.63) is 71.8 Å². The van der Waals surface area contributed by atoms with Crippen LogP contribution in [0.25, 0.3) is 0 Å². The van der Waals surface area contributed by atoms with Crippen molar-refractivity contribution in [1.29, 1.82) is 0 Å². The molecule has 2 aliphatic carbocycles. The predicted molar refractivity (Wildman–Crippen MR) is 109 cm³/mol. The van der Waals surface area contributed by atoms with Crippen LogP contribution in [0.1, 0.15) is 43.2 Å². The number of fused-ring (bicyclic) bond motifs is 2. The third-order valence-corrected chi connectivity index (χ3v) is 6.66. The van der Waals surface area contributed by atoms with Gasteiger partial charge in [0.25, 0.3) is 0 Å². The van der Waals surface area contributed by atoms with Gasteiger partial charge in [-0.05, 0) is 55.6 Å². The summed E-state index contributed by atoms with van der Waals surface area (Å²) in [6.45, 7) is 2.83. The number of benzene rings is 2. The first-order valence-electron chi connectivity index (χ1n) is 10.3. The monoisotopic (exact) mass is 362 g/mol. The third kappa shape index (κ3) is 3.53. The molecule has 5 atom stereocenters. The summed E-state index contributed by atoms with van der Waals surface area (Å²) in [4.78, 5) is 15.4. The standard InChI is InChI=1S/C24H30N2O/c1-2-26(24(27)21(25)15-17-9-5-3-6-10-17)23-20-14-13-19(16-20)22(23)18-11-7-4-8-12-18/h3-12,19-23H,2,13-16,25H2,1H3/t19?,20?,21?,22?,23-/m0/s1. The van der Waals surface area contributed by atoms with Gasteiger partial charge < -0.3 is 10.6 Å². The summed E-state index contributed by atoms with van der Waals surface area (Å²) in [5.74, 6) is 1.89. The van der Waals surface area contributed by atoms with E-state index in [-0.39, 0.29) is 5.91 Å². The fourth-order valence-electron chi connectivity index (χ4n) is 5.54. The van der Waals surface area contributed by atoms with Crippen molar-refractivity contribution in [3.63, 3.8) is 0 Å². The van der Waals surface area contributed by atoms with Gasteiger partial charge in [0.1, 0.15) is 0 Å². The lowest BCUT2D eigenvalue weighted by Crippen LogP contribution is -2.53. The van der Waals surface area contributed by atoms with E-state index in [0.717, 1.165) is 12.1 Å². The second-order valence-electron chi connectivity index (χ2n) is 8.18. The molecule has 3 nitrogen and oxygen atoms in total. The number of amides is 1. The van der Waals surface area contributed by atoms with E-state index in [2.05, 4.69) is 42.2 Å². The first kappa shape index (κ1) is 18.2. The van der Waals surface area contributed by atoms with Crippen LogP contribution in [-0.4, -0.2) is 29.4 Å². The molecule has 4 unspecified atom stereocenters. The van der Waals surface area contributed by atoms with E-state index in [9.17, 15) is 4.79 Å². The van der Waals surface area contributed by atoms with Crippen LogP contribution in [0.15, 0.2) is 60.7 Å². The molecule has 2 saturated carbocycles. The molecule has 0 aliphatic heterocycles. The zero-order valence-electron chi connectivity index (χ0n) is 16.1. The summed E-state index contributed by atoms with van der Waals surface area (Å²) >= 11 is 0. The molecule has 1 amide bonds. The predicted octanol–water partition coefficient (Wildman–Crippen LogP) is 3.99. The number of hydrogen-bond acceptors (Lipinski definition) is 2. The summed E-state index contributed by atoms with van der Waals surface area (Å²) < 4.78 is 0. The van der Waals surface area contributed by atoms with Crippen LogP contribution in [0.2, 0.25) is 0 Å². The minimum atomic E-state index is -0.470. The summed E-state index contributed by atoms with van der Waals surface area (Å²) in [5, 5.41) is 0. The minimum Gasteiger partial charge on any atom is -0.338 e. The number of carbonyl (C=O) groups is 1. The molecule has 0 saturated heterocycles. The lowest BCUT2D eigenvalue weighted by molar-refractivity contribution is -0.136. The fourth-order valence-corrected chi connectivity index (χ4v) is 5.54. The van der Waals surface area contributed by atoms with Gasteiger partial charge >= 0.3 is 0 Å². The molecule has 2 bridgehead atoms. The number of nitrogens with zero attached hydrogens (tertiary/aromatic N) is 1. The van der Waals surface area contributed by atoms with Crippen LogP contribution in [-0.2, 0) is 11.2 Å². The van der Waals surface area contributed by atoms with Gasteiger partial charge in [-0.1, -0.05) is 60.7 Å². The maximum Gasteiger partial charge on any atom is 0.240 e. The van der Waals surface area contributed by atoms with Gasteiger partial charge in [0, 0.05) is 18.5 Å². The van der Waals surface area contributed by atoms with Crippen molar-refractivity contribution < 1.29 is 4.79 Å². The lowest BCUT2D eigenvalue weighted by Gasteiger charge is -2.40. The molecule has 0 heterocycles. The number of rotatable bonds is 6. The maximum atomic E-state index is 13.3. The van der Waals surface area contributed by atoms with Crippen molar-refractivity contribution >= 4 is 5.91 Å². The average Bonchev–Trinajstić information content (AvgIpc) is 3.32. The summed E-state index contributed by atoms with van der Waals surface area (Å²) in [5.41, 5.74) is 8.90. The highest BCUT2D eigenvalue weighted by Crippen LogP contribution is 2.54. The maximum absolute atomic E-state index is 13.3. The molecule has 0 spiro atoms. The molecule has 0 aromatic heterocycles. The molecule has 2 aromatic carbocycles. The molecule has 4 rings (SSSR count). The number of likely N-dealkylation sites (N-methyl/N-ethyl adjacent to an activating group) is 1. The molecule has 0 radical (unpaired) electrons. The van der Waals surface area contributed by atoms with E-state index in [1.165, 1.54) is 24.8 Å². The Hall–Kier alpha value is -2.13. The van der Waals surface area contributed by atoms with Gasteiger partial charge in [0.15, 0.2) is 0 Å². The number of hydrogen-bond donors (Lipinski definition) is 1. The largest absolute Gasteiger partial charge is 0.338 e. The van der Waals surface area contributed by atoms with Gasteiger partial charge in [-0.25, -0.2) is 0 Å². The lowest BCUT2D eigenvalue weighted by atomic mass is 9.78. The molecule has 3 heteroatoms. The van der Waals surface area contributed by atoms with Crippen LogP contribution in [0.5, 0.6) is 0 Å². The van der Waals surface area contributed by atoms with Crippen LogP contribution in [0, 0.1) is 11.8 Å². The smallest absolute Gasteiger partial charge is 0.240 e. The molecule has 2 aliphatic rings. The SMILES string of the molecule is CCN(C(=O)C(N)Cc1ccccc1)[C@H]1C2CCC(C2)C1c1ccccc1. The van der Waals surface area contributed by atoms with Gasteiger partial charge in [-0.3, -0.25) is 4.79 Å². The molecular formula is C24H30N2O. The van der Waals surface area contributed by atoms with Crippen LogP contribution >= 0.6 is 0 Å². The Labute approximate surface area is 162 Å². The third-order valence-electron chi connectivity index (χ3n) is 6.66. The quantitative estimate of drug-likeness (QED) is 0.845. The highest BCUT2D eigenvalue weighted by molar-refractivity contribution is 5.82. The van der Waals surface area contributed by atoms with Crippen LogP contribution in [0.3, 0.4) is 0 Å². The number of nitrogens with two attached hydrogens (primary N) is 1. The highest BCUT2D eigenvalue weighted by Gasteiger charge is 2.51. The van der Waals surface area contributed by atoms with E-state index in [1.807, 2.05) is 30.3 Å². The summed E-state index contributed by atoms with van der Waals surface area (Å²) in [6, 6.07) is 20.7. The topological polar surface area (TPSA) is 46.3 Å². The first-order valence-corrected chi connectivity index (χ1v) is 10.3. The second kappa shape index (κ2) is 7.85. The molecule has 142 valence electrons. The van der Waals surface area contributed by atoms with Gasteiger partial charge in [0.05, 0.1) is 6.04 Å². The van der Waals surface area contributed by atoms with Crippen molar-refractivity contribution in [2.45, 2.75) is 50.6 Å². The molecule has 2 fully saturated rings. The van der Waals surface area contributed by atoms with E-state index in [1.54, 1.807) is 0 Å². The zero-order chi connectivity index (χ0) is 18.8. The molecule has 2 N–H and O–H groups in total. The van der Waals surface area contributed by atoms with Gasteiger partial charge in [-0.15, -0.1) is 0 Å². The summed E-state index contributed by atoms with van der Waals surface area (Å²) in [7, 11) is 0. The first-order chi connectivity index (χ1) is 13.2. The molecular weight excluding hydrogens is 332 g/mol. The minimum absolute atomic E-state index is 0.111. The van der Waals surface area contributed by atoms with Crippen molar-refractivity contribution in [2.75, 3.05) is 6.54 Å². The van der Waals surface area contributed by atoms with E-state index < -0.39 is 6.04 Å². The molecule has 27 heavy (non-hydrogen) atoms. The molecule has 2 aromatic rings. The summed E-state index contributed by atoms with van der Waals surface area (Å²) in [6.07, 6.45) is 4.40. The van der Waals surface area contributed by atoms with Gasteiger partial charge in [-0.2, -0.15) is 0 Å². The van der Waals surface area contributed by atoms with E-state index in [0.29, 0.717) is 30.2 Å². The Morgan fingerprint density at radius 2 is 1.67 bits per heavy atom. The Kier molecular flexibility index (Phi) is 5.31. The highest BCUT2D eigenvalue weighted by atomic mass is 16.2. The Morgan fingerprint density at radius 1 is 1.04 bits per heavy atom. The Bertz CT molecular complexity index is 760. The van der Waals surface area contributed by atoms with Crippen molar-refractivity contribution in [2.24, 2.45) is 17.6 Å². The van der Waals surface area contributed by atoms with E-state index >= 15 is 0 Å². The van der Waals surface area contributed by atoms with Crippen molar-refractivity contribution in [1.82, 2.24) is 4.90 Å². The Balaban J connectivity index is 1.56. The number of carbonyl (C=O) groups excluding carboxylic acids is 1. The Morgan fingerprint density at radius 3 is 2.33 bits per heavy atom. The van der Waals surface area contributed by atoms with Crippen LogP contribution in [0.4, 0.5) is 0 Å². The second-order valence-corrected chi connectivity index (χ2v) is 8.18.